The highest BCUT2D eigenvalue weighted by Crippen LogP contribution is 2.24. The molecule has 0 saturated carbocycles. The van der Waals surface area contributed by atoms with E-state index >= 15 is 0 Å². The normalized spacial score (nSPS) is 12.2. The van der Waals surface area contributed by atoms with Crippen LogP contribution in [0.25, 0.3) is 0 Å². The zero-order chi connectivity index (χ0) is 16.8. The first-order valence-corrected chi connectivity index (χ1v) is 8.28. The van der Waals surface area contributed by atoms with Crippen LogP contribution in [-0.2, 0) is 0 Å². The van der Waals surface area contributed by atoms with Gasteiger partial charge in [0.05, 0.1) is 23.0 Å². The van der Waals surface area contributed by atoms with Crippen molar-refractivity contribution >= 4 is 34.6 Å². The highest BCUT2D eigenvalue weighted by Gasteiger charge is 2.21. The van der Waals surface area contributed by atoms with Gasteiger partial charge in [-0.05, 0) is 57.5 Å². The average Bonchev–Trinajstić information content (AvgIpc) is 3.03. The lowest BCUT2D eigenvalue weighted by Crippen LogP contribution is -2.40. The van der Waals surface area contributed by atoms with E-state index in [0.717, 1.165) is 24.5 Å². The van der Waals surface area contributed by atoms with Crippen molar-refractivity contribution in [2.75, 3.05) is 32.5 Å². The Morgan fingerprint density at radius 2 is 1.96 bits per heavy atom. The molecule has 2 rings (SSSR count). The zero-order valence-corrected chi connectivity index (χ0v) is 15.2. The summed E-state index contributed by atoms with van der Waals surface area (Å²) < 4.78 is 5.54. The maximum Gasteiger partial charge on any atom is 0.174 e. The van der Waals surface area contributed by atoms with E-state index in [4.69, 9.17) is 28.2 Å². The van der Waals surface area contributed by atoms with Crippen molar-refractivity contribution in [1.82, 2.24) is 9.80 Å². The average molecular weight is 352 g/mol. The van der Waals surface area contributed by atoms with Gasteiger partial charge in [-0.3, -0.25) is 0 Å². The number of benzene rings is 1. The molecule has 1 atom stereocenters. The monoisotopic (exact) mass is 351 g/mol. The van der Waals surface area contributed by atoms with Crippen LogP contribution in [0.1, 0.15) is 18.7 Å². The summed E-state index contributed by atoms with van der Waals surface area (Å²) in [6, 6.07) is 11.5. The summed E-state index contributed by atoms with van der Waals surface area (Å²) in [5, 5.41) is 4.52. The largest absolute Gasteiger partial charge is 0.467 e. The van der Waals surface area contributed by atoms with Crippen LogP contribution in [0, 0.1) is 0 Å². The third-order valence-electron chi connectivity index (χ3n) is 3.59. The van der Waals surface area contributed by atoms with Gasteiger partial charge in [0.1, 0.15) is 5.76 Å². The summed E-state index contributed by atoms with van der Waals surface area (Å²) in [6.07, 6.45) is 1.68. The van der Waals surface area contributed by atoms with Crippen LogP contribution >= 0.6 is 23.8 Å². The van der Waals surface area contributed by atoms with E-state index in [1.807, 2.05) is 50.5 Å². The number of halogens is 1. The van der Waals surface area contributed by atoms with E-state index in [9.17, 15) is 0 Å². The predicted octanol–water partition coefficient (Wildman–Crippen LogP) is 4.25. The highest BCUT2D eigenvalue weighted by molar-refractivity contribution is 7.80. The fourth-order valence-corrected chi connectivity index (χ4v) is 2.75. The lowest BCUT2D eigenvalue weighted by molar-refractivity contribution is 0.263. The predicted molar refractivity (Wildman–Crippen MR) is 100 cm³/mol. The van der Waals surface area contributed by atoms with Gasteiger partial charge in [-0.2, -0.15) is 0 Å². The fourth-order valence-electron chi connectivity index (χ4n) is 2.21. The van der Waals surface area contributed by atoms with Gasteiger partial charge >= 0.3 is 0 Å². The van der Waals surface area contributed by atoms with E-state index in [-0.39, 0.29) is 6.04 Å². The second kappa shape index (κ2) is 8.34. The number of hydrogen-bond donors (Lipinski definition) is 1. The molecule has 6 heteroatoms. The Kier molecular flexibility index (Phi) is 6.45. The van der Waals surface area contributed by atoms with E-state index in [1.165, 1.54) is 0 Å². The molecule has 2 aromatic rings. The van der Waals surface area contributed by atoms with Crippen molar-refractivity contribution in [2.24, 2.45) is 0 Å². The summed E-state index contributed by atoms with van der Waals surface area (Å²) in [6.45, 7) is 3.75. The van der Waals surface area contributed by atoms with Gasteiger partial charge in [0, 0.05) is 13.1 Å². The summed E-state index contributed by atoms with van der Waals surface area (Å²) >= 11 is 11.8. The molecular formula is C17H22ClN3OS. The molecule has 1 N–H and O–H groups in total. The lowest BCUT2D eigenvalue weighted by Gasteiger charge is -2.31. The van der Waals surface area contributed by atoms with Crippen LogP contribution in [0.5, 0.6) is 0 Å². The molecule has 0 bridgehead atoms. The van der Waals surface area contributed by atoms with Crippen LogP contribution in [-0.4, -0.2) is 42.1 Å². The van der Waals surface area contributed by atoms with Crippen LogP contribution in [0.3, 0.4) is 0 Å². The number of nitrogens with one attached hydrogen (secondary N) is 1. The zero-order valence-electron chi connectivity index (χ0n) is 13.6. The number of anilines is 1. The molecule has 1 heterocycles. The second-order valence-electron chi connectivity index (χ2n) is 5.60. The van der Waals surface area contributed by atoms with Crippen LogP contribution in [0.15, 0.2) is 47.1 Å². The molecule has 0 aliphatic rings. The van der Waals surface area contributed by atoms with E-state index < -0.39 is 0 Å². The van der Waals surface area contributed by atoms with E-state index in [2.05, 4.69) is 22.0 Å². The molecule has 0 radical (unpaired) electrons. The van der Waals surface area contributed by atoms with Crippen molar-refractivity contribution in [3.63, 3.8) is 0 Å². The number of likely N-dealkylation sites (N-methyl/N-ethyl adjacent to an activating group) is 1. The van der Waals surface area contributed by atoms with Crippen molar-refractivity contribution in [3.8, 4) is 0 Å². The SMILES string of the molecule is CC(c1ccco1)N(CCN(C)C)C(=S)Nc1ccccc1Cl. The molecule has 124 valence electrons. The standard InChI is InChI=1S/C17H22ClN3OS/c1-13(16-9-6-12-22-16)21(11-10-20(2)3)17(23)19-15-8-5-4-7-14(15)18/h4-9,12-13H,10-11H2,1-3H3,(H,19,23). The summed E-state index contributed by atoms with van der Waals surface area (Å²) in [4.78, 5) is 4.23. The molecule has 0 amide bonds. The van der Waals surface area contributed by atoms with Crippen molar-refractivity contribution in [1.29, 1.82) is 0 Å². The second-order valence-corrected chi connectivity index (χ2v) is 6.39. The Hall–Kier alpha value is -1.56. The van der Waals surface area contributed by atoms with Crippen molar-refractivity contribution < 1.29 is 4.42 Å². The molecule has 4 nitrogen and oxygen atoms in total. The van der Waals surface area contributed by atoms with Crippen LogP contribution in [0.2, 0.25) is 5.02 Å². The number of furan rings is 1. The molecule has 23 heavy (non-hydrogen) atoms. The van der Waals surface area contributed by atoms with Gasteiger partial charge in [0.2, 0.25) is 0 Å². The Labute approximate surface area is 148 Å². The van der Waals surface area contributed by atoms with Crippen molar-refractivity contribution in [3.05, 3.63) is 53.4 Å². The van der Waals surface area contributed by atoms with Gasteiger partial charge < -0.3 is 19.5 Å². The fraction of sp³-hybridized carbons (Fsp3) is 0.353. The molecule has 0 fully saturated rings. The quantitative estimate of drug-likeness (QED) is 0.786. The Morgan fingerprint density at radius 1 is 1.22 bits per heavy atom. The molecule has 0 aliphatic heterocycles. The molecule has 1 unspecified atom stereocenters. The Morgan fingerprint density at radius 3 is 2.57 bits per heavy atom. The first-order chi connectivity index (χ1) is 11.0. The van der Waals surface area contributed by atoms with Gasteiger partial charge in [-0.1, -0.05) is 23.7 Å². The van der Waals surface area contributed by atoms with Gasteiger partial charge in [0.15, 0.2) is 5.11 Å². The molecule has 0 aliphatic carbocycles. The third-order valence-corrected chi connectivity index (χ3v) is 4.25. The number of thiocarbonyl (C=S) groups is 1. The Balaban J connectivity index is 2.15. The minimum Gasteiger partial charge on any atom is -0.467 e. The lowest BCUT2D eigenvalue weighted by atomic mass is 10.2. The van der Waals surface area contributed by atoms with Crippen LogP contribution in [0.4, 0.5) is 5.69 Å². The number of rotatable bonds is 6. The summed E-state index contributed by atoms with van der Waals surface area (Å²) in [5.41, 5.74) is 0.806. The van der Waals surface area contributed by atoms with Gasteiger partial charge in [-0.25, -0.2) is 0 Å². The first-order valence-electron chi connectivity index (χ1n) is 7.49. The first kappa shape index (κ1) is 17.8. The molecule has 1 aromatic carbocycles. The smallest absolute Gasteiger partial charge is 0.174 e. The third kappa shape index (κ3) is 4.96. The van der Waals surface area contributed by atoms with E-state index in [0.29, 0.717) is 10.1 Å². The van der Waals surface area contributed by atoms with Gasteiger partial charge in [-0.15, -0.1) is 0 Å². The minimum atomic E-state index is 0.0347. The topological polar surface area (TPSA) is 31.7 Å². The Bertz CT molecular complexity index is 631. The van der Waals surface area contributed by atoms with Gasteiger partial charge in [0.25, 0.3) is 0 Å². The minimum absolute atomic E-state index is 0.0347. The van der Waals surface area contributed by atoms with Crippen molar-refractivity contribution in [2.45, 2.75) is 13.0 Å². The summed E-state index contributed by atoms with van der Waals surface area (Å²) in [5.74, 6) is 0.882. The maximum absolute atomic E-state index is 6.21. The molecule has 0 saturated heterocycles. The maximum atomic E-state index is 6.21. The van der Waals surface area contributed by atoms with Crippen LogP contribution < -0.4 is 5.32 Å². The molecule has 1 aromatic heterocycles. The summed E-state index contributed by atoms with van der Waals surface area (Å²) in [7, 11) is 4.08. The number of nitrogens with zero attached hydrogens (tertiary/aromatic N) is 2. The van der Waals surface area contributed by atoms with E-state index in [1.54, 1.807) is 6.26 Å². The number of hydrogen-bond acceptors (Lipinski definition) is 3. The highest BCUT2D eigenvalue weighted by atomic mass is 35.5. The molecular weight excluding hydrogens is 330 g/mol. The molecule has 0 spiro atoms. The number of para-hydroxylation sites is 1.